The van der Waals surface area contributed by atoms with Crippen molar-refractivity contribution in [3.63, 3.8) is 0 Å². The summed E-state index contributed by atoms with van der Waals surface area (Å²) < 4.78 is 11.2. The molecule has 0 unspecified atom stereocenters. The molecule has 0 fully saturated rings. The minimum atomic E-state index is -0.671. The van der Waals surface area contributed by atoms with Crippen molar-refractivity contribution in [1.29, 1.82) is 0 Å². The van der Waals surface area contributed by atoms with Crippen molar-refractivity contribution in [2.45, 2.75) is 0 Å². The number of ether oxygens (including phenoxy) is 2. The molecule has 122 valence electrons. The van der Waals surface area contributed by atoms with E-state index in [1.165, 1.54) is 24.4 Å². The summed E-state index contributed by atoms with van der Waals surface area (Å²) in [6.07, 6.45) is 1.40. The fourth-order valence-electron chi connectivity index (χ4n) is 2.08. The Kier molecular flexibility index (Phi) is 4.43. The second kappa shape index (κ2) is 6.67. The molecule has 0 saturated heterocycles. The third kappa shape index (κ3) is 3.20. The van der Waals surface area contributed by atoms with E-state index in [1.807, 2.05) is 0 Å². The molecule has 1 heterocycles. The number of nitro groups is 1. The van der Waals surface area contributed by atoms with Crippen LogP contribution in [0.5, 0.6) is 11.5 Å². The molecule has 0 saturated carbocycles. The Bertz CT molecular complexity index is 853. The first-order valence-corrected chi connectivity index (χ1v) is 7.51. The molecule has 1 aliphatic heterocycles. The first-order valence-electron chi connectivity index (χ1n) is 6.72. The number of para-hydroxylation sites is 1. The van der Waals surface area contributed by atoms with Gasteiger partial charge in [0.15, 0.2) is 11.5 Å². The van der Waals surface area contributed by atoms with Gasteiger partial charge in [-0.15, -0.1) is 0 Å². The van der Waals surface area contributed by atoms with Crippen LogP contribution in [-0.4, -0.2) is 23.8 Å². The summed E-state index contributed by atoms with van der Waals surface area (Å²) in [5.41, 5.74) is 2.58. The van der Waals surface area contributed by atoms with Crippen LogP contribution >= 0.6 is 15.9 Å². The van der Waals surface area contributed by atoms with Crippen molar-refractivity contribution >= 4 is 33.7 Å². The van der Waals surface area contributed by atoms with E-state index in [4.69, 9.17) is 9.47 Å². The monoisotopic (exact) mass is 391 g/mol. The summed E-state index contributed by atoms with van der Waals surface area (Å²) in [6, 6.07) is 9.08. The van der Waals surface area contributed by atoms with Crippen molar-refractivity contribution in [3.8, 4) is 11.5 Å². The van der Waals surface area contributed by atoms with Gasteiger partial charge in [0.25, 0.3) is 11.6 Å². The highest BCUT2D eigenvalue weighted by atomic mass is 79.9. The smallest absolute Gasteiger partial charge is 0.282 e. The second-order valence-electron chi connectivity index (χ2n) is 4.70. The average Bonchev–Trinajstić information content (AvgIpc) is 3.01. The molecule has 0 aliphatic carbocycles. The standard InChI is InChI=1S/C15H10BrN3O5/c16-11-6-14-13(23-8-24-14)5-9(11)7-17-18-15(20)10-3-1-2-4-12(10)19(21)22/h1-7H,8H2,(H,18,20)/b17-7+. The van der Waals surface area contributed by atoms with Gasteiger partial charge in [-0.25, -0.2) is 5.43 Å². The maximum Gasteiger partial charge on any atom is 0.282 e. The SMILES string of the molecule is O=C(N/N=C/c1cc2c(cc1Br)OCO2)c1ccccc1[N+](=O)[O-]. The van der Waals surface area contributed by atoms with Crippen LogP contribution in [0.1, 0.15) is 15.9 Å². The highest BCUT2D eigenvalue weighted by molar-refractivity contribution is 9.10. The van der Waals surface area contributed by atoms with Crippen molar-refractivity contribution in [3.05, 3.63) is 62.1 Å². The van der Waals surface area contributed by atoms with Crippen molar-refractivity contribution in [2.75, 3.05) is 6.79 Å². The fraction of sp³-hybridized carbons (Fsp3) is 0.0667. The summed E-state index contributed by atoms with van der Waals surface area (Å²) in [7, 11) is 0. The molecule has 0 atom stereocenters. The number of benzene rings is 2. The van der Waals surface area contributed by atoms with Crippen LogP contribution in [0, 0.1) is 10.1 Å². The molecule has 1 aliphatic rings. The van der Waals surface area contributed by atoms with E-state index in [0.29, 0.717) is 21.5 Å². The van der Waals surface area contributed by atoms with Crippen LogP contribution in [0.25, 0.3) is 0 Å². The fourth-order valence-corrected chi connectivity index (χ4v) is 2.50. The molecule has 1 amide bonds. The van der Waals surface area contributed by atoms with Gasteiger partial charge < -0.3 is 9.47 Å². The third-order valence-corrected chi connectivity index (χ3v) is 3.89. The first-order chi connectivity index (χ1) is 11.6. The normalized spacial score (nSPS) is 12.4. The van der Waals surface area contributed by atoms with Crippen LogP contribution in [0.4, 0.5) is 5.69 Å². The number of fused-ring (bicyclic) bond motifs is 1. The summed E-state index contributed by atoms with van der Waals surface area (Å²) in [5, 5.41) is 14.8. The predicted molar refractivity (Wildman–Crippen MR) is 88.4 cm³/mol. The Morgan fingerprint density at radius 3 is 2.75 bits per heavy atom. The number of nitrogens with one attached hydrogen (secondary N) is 1. The zero-order valence-corrected chi connectivity index (χ0v) is 13.6. The number of amides is 1. The topological polar surface area (TPSA) is 103 Å². The number of hydrogen-bond donors (Lipinski definition) is 1. The second-order valence-corrected chi connectivity index (χ2v) is 5.55. The number of halogens is 1. The minimum absolute atomic E-state index is 0.0654. The van der Waals surface area contributed by atoms with E-state index in [1.54, 1.807) is 18.2 Å². The molecule has 24 heavy (non-hydrogen) atoms. The van der Waals surface area contributed by atoms with Gasteiger partial charge in [-0.05, 0) is 34.1 Å². The van der Waals surface area contributed by atoms with Gasteiger partial charge >= 0.3 is 0 Å². The maximum absolute atomic E-state index is 12.0. The number of nitro benzene ring substituents is 1. The Morgan fingerprint density at radius 1 is 1.29 bits per heavy atom. The number of nitrogens with zero attached hydrogens (tertiary/aromatic N) is 2. The zero-order valence-electron chi connectivity index (χ0n) is 12.1. The number of hydrogen-bond acceptors (Lipinski definition) is 6. The molecular formula is C15H10BrN3O5. The van der Waals surface area contributed by atoms with Gasteiger partial charge in [0.1, 0.15) is 5.56 Å². The lowest BCUT2D eigenvalue weighted by Crippen LogP contribution is -2.19. The lowest BCUT2D eigenvalue weighted by atomic mass is 10.2. The van der Waals surface area contributed by atoms with E-state index in [0.717, 1.165) is 0 Å². The first kappa shape index (κ1) is 15.9. The van der Waals surface area contributed by atoms with E-state index < -0.39 is 10.8 Å². The van der Waals surface area contributed by atoms with Gasteiger partial charge in [-0.1, -0.05) is 12.1 Å². The van der Waals surface area contributed by atoms with Crippen molar-refractivity contribution in [2.24, 2.45) is 5.10 Å². The van der Waals surface area contributed by atoms with Crippen LogP contribution < -0.4 is 14.9 Å². The highest BCUT2D eigenvalue weighted by Gasteiger charge is 2.19. The summed E-state index contributed by atoms with van der Waals surface area (Å²) in [5.74, 6) is 0.517. The average molecular weight is 392 g/mol. The van der Waals surface area contributed by atoms with Crippen LogP contribution in [0.3, 0.4) is 0 Å². The van der Waals surface area contributed by atoms with E-state index >= 15 is 0 Å². The summed E-state index contributed by atoms with van der Waals surface area (Å²) >= 11 is 3.36. The summed E-state index contributed by atoms with van der Waals surface area (Å²) in [4.78, 5) is 22.4. The number of carbonyl (C=O) groups is 1. The molecule has 0 aromatic heterocycles. The lowest BCUT2D eigenvalue weighted by molar-refractivity contribution is -0.385. The van der Waals surface area contributed by atoms with Gasteiger partial charge in [0.05, 0.1) is 11.1 Å². The molecular weight excluding hydrogens is 382 g/mol. The van der Waals surface area contributed by atoms with Gasteiger partial charge in [0.2, 0.25) is 6.79 Å². The van der Waals surface area contributed by atoms with Gasteiger partial charge in [0, 0.05) is 16.1 Å². The molecule has 0 spiro atoms. The van der Waals surface area contributed by atoms with Crippen molar-refractivity contribution < 1.29 is 19.2 Å². The quantitative estimate of drug-likeness (QED) is 0.490. The van der Waals surface area contributed by atoms with Crippen molar-refractivity contribution in [1.82, 2.24) is 5.43 Å². The van der Waals surface area contributed by atoms with Crippen LogP contribution in [0.2, 0.25) is 0 Å². The van der Waals surface area contributed by atoms with Crippen LogP contribution in [0.15, 0.2) is 46.0 Å². The Labute approximate surface area is 144 Å². The Hall–Kier alpha value is -2.94. The third-order valence-electron chi connectivity index (χ3n) is 3.21. The molecule has 9 heteroatoms. The largest absolute Gasteiger partial charge is 0.454 e. The van der Waals surface area contributed by atoms with Gasteiger partial charge in [-0.3, -0.25) is 14.9 Å². The Morgan fingerprint density at radius 2 is 2.00 bits per heavy atom. The number of carbonyl (C=O) groups excluding carboxylic acids is 1. The molecule has 2 aromatic carbocycles. The zero-order chi connectivity index (χ0) is 17.1. The predicted octanol–water partition coefficient (Wildman–Crippen LogP) is 2.85. The van der Waals surface area contributed by atoms with Gasteiger partial charge in [-0.2, -0.15) is 5.10 Å². The maximum atomic E-state index is 12.0. The molecule has 8 nitrogen and oxygen atoms in total. The summed E-state index contributed by atoms with van der Waals surface area (Å²) in [6.45, 7) is 0.150. The Balaban J connectivity index is 1.75. The lowest BCUT2D eigenvalue weighted by Gasteiger charge is -2.03. The molecule has 0 radical (unpaired) electrons. The highest BCUT2D eigenvalue weighted by Crippen LogP contribution is 2.36. The molecule has 1 N–H and O–H groups in total. The molecule has 0 bridgehead atoms. The van der Waals surface area contributed by atoms with E-state index in [2.05, 4.69) is 26.5 Å². The molecule has 3 rings (SSSR count). The van der Waals surface area contributed by atoms with E-state index in [-0.39, 0.29) is 18.0 Å². The minimum Gasteiger partial charge on any atom is -0.454 e. The number of hydrazone groups is 1. The van der Waals surface area contributed by atoms with E-state index in [9.17, 15) is 14.9 Å². The molecule has 2 aromatic rings. The number of rotatable bonds is 4. The van der Waals surface area contributed by atoms with Crippen LogP contribution in [-0.2, 0) is 0 Å².